The van der Waals surface area contributed by atoms with Crippen LogP contribution in [0.3, 0.4) is 0 Å². The van der Waals surface area contributed by atoms with Gasteiger partial charge in [-0.1, -0.05) is 30.3 Å². The number of nitrogens with zero attached hydrogens (tertiary/aromatic N) is 4. The summed E-state index contributed by atoms with van der Waals surface area (Å²) in [6.07, 6.45) is 2.58. The molecule has 26 heavy (non-hydrogen) atoms. The average Bonchev–Trinajstić information content (AvgIpc) is 3.24. The van der Waals surface area contributed by atoms with Crippen molar-refractivity contribution >= 4 is 21.6 Å². The Hall–Kier alpha value is -2.57. The second kappa shape index (κ2) is 6.00. The fraction of sp³-hybridized carbons (Fsp3) is 0.250. The van der Waals surface area contributed by atoms with E-state index in [1.165, 1.54) is 10.3 Å². The van der Waals surface area contributed by atoms with E-state index in [4.69, 9.17) is 9.72 Å². The van der Waals surface area contributed by atoms with Crippen molar-refractivity contribution in [3.63, 3.8) is 0 Å². The van der Waals surface area contributed by atoms with Gasteiger partial charge < -0.3 is 9.30 Å². The van der Waals surface area contributed by atoms with Crippen molar-refractivity contribution in [1.82, 2.24) is 19.7 Å². The summed E-state index contributed by atoms with van der Waals surface area (Å²) in [5.74, 6) is 0.985. The van der Waals surface area contributed by atoms with Crippen LogP contribution in [0.25, 0.3) is 20.8 Å². The van der Waals surface area contributed by atoms with Crippen molar-refractivity contribution in [2.24, 2.45) is 7.05 Å². The van der Waals surface area contributed by atoms with Crippen LogP contribution in [-0.4, -0.2) is 33.0 Å². The third kappa shape index (κ3) is 2.53. The second-order valence-corrected chi connectivity index (χ2v) is 7.91. The highest BCUT2D eigenvalue weighted by Crippen LogP contribution is 2.38. The van der Waals surface area contributed by atoms with Crippen LogP contribution in [0.1, 0.15) is 11.4 Å². The number of rotatable bonds is 4. The number of thiazole rings is 1. The maximum atomic E-state index is 5.60. The molecule has 5 nitrogen and oxygen atoms in total. The highest BCUT2D eigenvalue weighted by molar-refractivity contribution is 7.21. The SMILES string of the molecule is Cn1cnnc1CC1(c2cccc(-c3nc4ccccc4s3)c2)COC1. The maximum Gasteiger partial charge on any atom is 0.133 e. The minimum absolute atomic E-state index is 0.0342. The molecule has 0 saturated carbocycles. The van der Waals surface area contributed by atoms with E-state index in [2.05, 4.69) is 52.7 Å². The summed E-state index contributed by atoms with van der Waals surface area (Å²) in [7, 11) is 1.99. The fourth-order valence-electron chi connectivity index (χ4n) is 3.47. The molecule has 0 atom stereocenters. The first-order chi connectivity index (χ1) is 12.7. The molecule has 6 heteroatoms. The highest BCUT2D eigenvalue weighted by Gasteiger charge is 2.41. The first-order valence-corrected chi connectivity index (χ1v) is 9.42. The lowest BCUT2D eigenvalue weighted by atomic mass is 9.75. The number of para-hydroxylation sites is 1. The molecule has 0 bridgehead atoms. The first-order valence-electron chi connectivity index (χ1n) is 8.61. The third-order valence-corrected chi connectivity index (χ3v) is 6.16. The summed E-state index contributed by atoms with van der Waals surface area (Å²) in [5.41, 5.74) is 3.46. The van der Waals surface area contributed by atoms with E-state index in [1.807, 2.05) is 17.7 Å². The number of aromatic nitrogens is 4. The number of fused-ring (bicyclic) bond motifs is 1. The lowest BCUT2D eigenvalue weighted by Gasteiger charge is -2.41. The molecule has 2 aromatic carbocycles. The van der Waals surface area contributed by atoms with Crippen molar-refractivity contribution < 1.29 is 4.74 Å². The van der Waals surface area contributed by atoms with Gasteiger partial charge in [0.25, 0.3) is 0 Å². The van der Waals surface area contributed by atoms with Crippen molar-refractivity contribution in [3.8, 4) is 10.6 Å². The summed E-state index contributed by atoms with van der Waals surface area (Å²) in [6, 6.07) is 17.0. The smallest absolute Gasteiger partial charge is 0.133 e. The normalized spacial score (nSPS) is 15.9. The standard InChI is InChI=1S/C20H18N4OS/c1-24-13-21-23-18(24)10-20(11-25-12-20)15-6-4-5-14(9-15)19-22-16-7-2-3-8-17(16)26-19/h2-9,13H,10-12H2,1H3. The molecular formula is C20H18N4OS. The topological polar surface area (TPSA) is 52.8 Å². The second-order valence-electron chi connectivity index (χ2n) is 6.88. The summed E-state index contributed by atoms with van der Waals surface area (Å²) in [4.78, 5) is 4.80. The summed E-state index contributed by atoms with van der Waals surface area (Å²) in [6.45, 7) is 1.42. The van der Waals surface area contributed by atoms with Gasteiger partial charge in [-0.3, -0.25) is 0 Å². The molecule has 4 aromatic rings. The van der Waals surface area contributed by atoms with Crippen molar-refractivity contribution in [2.75, 3.05) is 13.2 Å². The zero-order chi connectivity index (χ0) is 17.6. The molecule has 0 radical (unpaired) electrons. The number of ether oxygens (including phenoxy) is 1. The van der Waals surface area contributed by atoms with E-state index in [-0.39, 0.29) is 5.41 Å². The van der Waals surface area contributed by atoms with Crippen LogP contribution in [-0.2, 0) is 23.6 Å². The molecule has 5 rings (SSSR count). The molecule has 0 amide bonds. The Morgan fingerprint density at radius 2 is 2.04 bits per heavy atom. The fourth-order valence-corrected chi connectivity index (χ4v) is 4.43. The summed E-state index contributed by atoms with van der Waals surface area (Å²) < 4.78 is 8.80. The predicted octanol–water partition coefficient (Wildman–Crippen LogP) is 3.60. The van der Waals surface area contributed by atoms with Gasteiger partial charge in [-0.2, -0.15) is 0 Å². The van der Waals surface area contributed by atoms with Crippen LogP contribution in [0, 0.1) is 0 Å². The number of aryl methyl sites for hydroxylation is 1. The van der Waals surface area contributed by atoms with Gasteiger partial charge in [0.15, 0.2) is 0 Å². The molecule has 2 aromatic heterocycles. The molecule has 1 saturated heterocycles. The molecule has 130 valence electrons. The van der Waals surface area contributed by atoms with E-state index >= 15 is 0 Å². The van der Waals surface area contributed by atoms with Gasteiger partial charge in [-0.15, -0.1) is 21.5 Å². The minimum Gasteiger partial charge on any atom is -0.379 e. The van der Waals surface area contributed by atoms with Crippen LogP contribution >= 0.6 is 11.3 Å². The van der Waals surface area contributed by atoms with Gasteiger partial charge in [-0.05, 0) is 23.8 Å². The Labute approximate surface area is 155 Å². The molecule has 0 spiro atoms. The molecule has 1 aliphatic rings. The molecule has 3 heterocycles. The highest BCUT2D eigenvalue weighted by atomic mass is 32.1. The van der Waals surface area contributed by atoms with Gasteiger partial charge >= 0.3 is 0 Å². The van der Waals surface area contributed by atoms with E-state index in [9.17, 15) is 0 Å². The predicted molar refractivity (Wildman–Crippen MR) is 102 cm³/mol. The molecule has 0 aliphatic carbocycles. The molecule has 1 aliphatic heterocycles. The van der Waals surface area contributed by atoms with Crippen molar-refractivity contribution in [2.45, 2.75) is 11.8 Å². The third-order valence-electron chi connectivity index (χ3n) is 5.07. The van der Waals surface area contributed by atoms with Gasteiger partial charge in [0.05, 0.1) is 23.4 Å². The zero-order valence-corrected chi connectivity index (χ0v) is 15.2. The number of hydrogen-bond donors (Lipinski definition) is 0. The van der Waals surface area contributed by atoms with Crippen LogP contribution in [0.15, 0.2) is 54.9 Å². The van der Waals surface area contributed by atoms with Gasteiger partial charge in [0, 0.05) is 24.4 Å². The van der Waals surface area contributed by atoms with E-state index in [0.717, 1.165) is 28.3 Å². The Morgan fingerprint density at radius 3 is 2.77 bits per heavy atom. The molecule has 0 N–H and O–H groups in total. The van der Waals surface area contributed by atoms with Gasteiger partial charge in [0.1, 0.15) is 17.2 Å². The summed E-state index contributed by atoms with van der Waals surface area (Å²) in [5, 5.41) is 9.33. The lowest BCUT2D eigenvalue weighted by Crippen LogP contribution is -2.49. The maximum absolute atomic E-state index is 5.60. The van der Waals surface area contributed by atoms with Gasteiger partial charge in [-0.25, -0.2) is 4.98 Å². The molecule has 0 unspecified atom stereocenters. The van der Waals surface area contributed by atoms with Crippen molar-refractivity contribution in [1.29, 1.82) is 0 Å². The molecule has 1 fully saturated rings. The molecular weight excluding hydrogens is 344 g/mol. The average molecular weight is 362 g/mol. The zero-order valence-electron chi connectivity index (χ0n) is 14.4. The quantitative estimate of drug-likeness (QED) is 0.557. The Kier molecular flexibility index (Phi) is 3.62. The van der Waals surface area contributed by atoms with Crippen LogP contribution in [0.5, 0.6) is 0 Å². The lowest BCUT2D eigenvalue weighted by molar-refractivity contribution is -0.0611. The number of hydrogen-bond acceptors (Lipinski definition) is 5. The first kappa shape index (κ1) is 15.7. The minimum atomic E-state index is -0.0342. The van der Waals surface area contributed by atoms with Crippen molar-refractivity contribution in [3.05, 3.63) is 66.2 Å². The van der Waals surface area contributed by atoms with E-state index in [0.29, 0.717) is 13.2 Å². The number of benzene rings is 2. The van der Waals surface area contributed by atoms with Crippen LogP contribution in [0.4, 0.5) is 0 Å². The monoisotopic (exact) mass is 362 g/mol. The van der Waals surface area contributed by atoms with Crippen LogP contribution < -0.4 is 0 Å². The van der Waals surface area contributed by atoms with Gasteiger partial charge in [0.2, 0.25) is 0 Å². The van der Waals surface area contributed by atoms with E-state index < -0.39 is 0 Å². The Bertz CT molecular complexity index is 1050. The largest absolute Gasteiger partial charge is 0.379 e. The van der Waals surface area contributed by atoms with Crippen LogP contribution in [0.2, 0.25) is 0 Å². The Balaban J connectivity index is 1.53. The Morgan fingerprint density at radius 1 is 1.15 bits per heavy atom. The van der Waals surface area contributed by atoms with E-state index in [1.54, 1.807) is 17.7 Å². The summed E-state index contributed by atoms with van der Waals surface area (Å²) >= 11 is 1.73.